The number of anilines is 1. The molecule has 1 aliphatic rings. The number of halogens is 1. The number of nitrogens with two attached hydrogens (primary N) is 1. The summed E-state index contributed by atoms with van der Waals surface area (Å²) >= 11 is 0. The van der Waals surface area contributed by atoms with Crippen LogP contribution in [-0.4, -0.2) is 42.0 Å². The zero-order valence-electron chi connectivity index (χ0n) is 18.0. The van der Waals surface area contributed by atoms with E-state index in [1.165, 1.54) is 18.2 Å². The van der Waals surface area contributed by atoms with Gasteiger partial charge in [0.25, 0.3) is 5.91 Å². The molecule has 4 N–H and O–H groups in total. The second-order valence-electron chi connectivity index (χ2n) is 7.70. The second-order valence-corrected chi connectivity index (χ2v) is 7.70. The van der Waals surface area contributed by atoms with Gasteiger partial charge in [0.2, 0.25) is 11.8 Å². The lowest BCUT2D eigenvalue weighted by atomic mass is 10.0. The van der Waals surface area contributed by atoms with Crippen molar-refractivity contribution in [1.82, 2.24) is 15.5 Å². The topological polar surface area (TPSA) is 122 Å². The van der Waals surface area contributed by atoms with Crippen molar-refractivity contribution < 1.29 is 23.6 Å². The van der Waals surface area contributed by atoms with Crippen molar-refractivity contribution in [3.63, 3.8) is 0 Å². The lowest BCUT2D eigenvalue weighted by Gasteiger charge is -2.30. The third-order valence-electron chi connectivity index (χ3n) is 5.27. The average Bonchev–Trinajstić information content (AvgIpc) is 2.78. The van der Waals surface area contributed by atoms with Gasteiger partial charge in [0.15, 0.2) is 0 Å². The van der Waals surface area contributed by atoms with Crippen LogP contribution in [0.25, 0.3) is 0 Å². The highest BCUT2D eigenvalue weighted by molar-refractivity contribution is 6.00. The summed E-state index contributed by atoms with van der Waals surface area (Å²) in [4.78, 5) is 48.8. The van der Waals surface area contributed by atoms with E-state index in [2.05, 4.69) is 22.5 Å². The first-order chi connectivity index (χ1) is 15.8. The van der Waals surface area contributed by atoms with Crippen molar-refractivity contribution in [1.29, 1.82) is 0 Å². The van der Waals surface area contributed by atoms with Gasteiger partial charge in [0.05, 0.1) is 11.7 Å². The van der Waals surface area contributed by atoms with E-state index in [0.29, 0.717) is 29.7 Å². The number of carbonyl (C=O) groups is 4. The molecule has 1 fully saturated rings. The van der Waals surface area contributed by atoms with Gasteiger partial charge in [0, 0.05) is 36.6 Å². The van der Waals surface area contributed by atoms with Crippen LogP contribution >= 0.6 is 0 Å². The molecular weight excluding hydrogens is 427 g/mol. The lowest BCUT2D eigenvalue weighted by Crippen LogP contribution is -2.51. The Balaban J connectivity index is 1.64. The Hall–Kier alpha value is -4.03. The van der Waals surface area contributed by atoms with Crippen molar-refractivity contribution in [3.8, 4) is 11.8 Å². The molecule has 1 heterocycles. The van der Waals surface area contributed by atoms with E-state index >= 15 is 0 Å². The monoisotopic (exact) mass is 450 g/mol. The number of nitrogen functional groups attached to an aromatic ring is 1. The minimum absolute atomic E-state index is 0.0488. The predicted octanol–water partition coefficient (Wildman–Crippen LogP) is 1.13. The highest BCUT2D eigenvalue weighted by Gasteiger charge is 2.30. The number of nitrogens with zero attached hydrogens (tertiary/aromatic N) is 1. The van der Waals surface area contributed by atoms with E-state index in [1.807, 2.05) is 0 Å². The molecule has 2 aromatic rings. The minimum atomic E-state index is -0.553. The second kappa shape index (κ2) is 10.5. The van der Waals surface area contributed by atoms with E-state index in [1.54, 1.807) is 30.1 Å². The van der Waals surface area contributed by atoms with E-state index in [0.717, 1.165) is 11.8 Å². The van der Waals surface area contributed by atoms with Crippen molar-refractivity contribution >= 4 is 29.7 Å². The number of carbonyl (C=O) groups excluding carboxylic acids is 4. The molecule has 1 unspecified atom stereocenters. The maximum atomic E-state index is 13.2. The van der Waals surface area contributed by atoms with Gasteiger partial charge in [-0.1, -0.05) is 24.1 Å². The predicted molar refractivity (Wildman–Crippen MR) is 119 cm³/mol. The van der Waals surface area contributed by atoms with Crippen molar-refractivity contribution in [2.45, 2.75) is 32.0 Å². The van der Waals surface area contributed by atoms with Gasteiger partial charge in [-0.05, 0) is 42.8 Å². The van der Waals surface area contributed by atoms with Crippen LogP contribution < -0.4 is 16.4 Å². The molecule has 0 spiro atoms. The standard InChI is InChI=1S/C24H23FN4O4/c1-29(21-7-9-23(32)28-24(21)33)13-18-10-16(2-5-17(18)14-30)12-27-22(31)8-4-15-3-6-19(25)20(26)11-15/h2-3,5-6,10-11,14,21H,7,9,12-13,26H2,1H3,(H,27,31)(H,28,32,33). The zero-order valence-corrected chi connectivity index (χ0v) is 18.0. The van der Waals surface area contributed by atoms with Crippen LogP contribution in [0.5, 0.6) is 0 Å². The van der Waals surface area contributed by atoms with Gasteiger partial charge in [0.1, 0.15) is 12.1 Å². The molecule has 0 saturated carbocycles. The summed E-state index contributed by atoms with van der Waals surface area (Å²) < 4.78 is 13.2. The fraction of sp³-hybridized carbons (Fsp3) is 0.250. The zero-order chi connectivity index (χ0) is 24.0. The molecule has 0 aliphatic carbocycles. The molecule has 3 amide bonds. The van der Waals surface area contributed by atoms with Crippen LogP contribution in [0.4, 0.5) is 10.1 Å². The molecule has 0 aromatic heterocycles. The number of aldehydes is 1. The highest BCUT2D eigenvalue weighted by Crippen LogP contribution is 2.18. The SMILES string of the molecule is CN(Cc1cc(CNC(=O)C#Cc2ccc(F)c(N)c2)ccc1C=O)C1CCC(=O)NC1=O. The maximum Gasteiger partial charge on any atom is 0.296 e. The normalized spacial score (nSPS) is 15.4. The van der Waals surface area contributed by atoms with E-state index in [4.69, 9.17) is 5.73 Å². The van der Waals surface area contributed by atoms with Crippen LogP contribution in [0.15, 0.2) is 36.4 Å². The summed E-state index contributed by atoms with van der Waals surface area (Å²) in [7, 11) is 1.75. The van der Waals surface area contributed by atoms with Gasteiger partial charge in [-0.25, -0.2) is 4.39 Å². The molecule has 0 bridgehead atoms. The molecule has 33 heavy (non-hydrogen) atoms. The summed E-state index contributed by atoms with van der Waals surface area (Å²) in [6, 6.07) is 8.62. The fourth-order valence-electron chi connectivity index (χ4n) is 3.48. The van der Waals surface area contributed by atoms with Crippen LogP contribution in [-0.2, 0) is 27.5 Å². The van der Waals surface area contributed by atoms with Crippen molar-refractivity contribution in [3.05, 3.63) is 64.5 Å². The summed E-state index contributed by atoms with van der Waals surface area (Å²) in [6.45, 7) is 0.487. The van der Waals surface area contributed by atoms with E-state index in [-0.39, 0.29) is 30.5 Å². The Morgan fingerprint density at radius 3 is 2.79 bits per heavy atom. The van der Waals surface area contributed by atoms with Gasteiger partial charge in [-0.2, -0.15) is 0 Å². The first-order valence-corrected chi connectivity index (χ1v) is 10.2. The summed E-state index contributed by atoms with van der Waals surface area (Å²) in [5.74, 6) is 3.32. The van der Waals surface area contributed by atoms with Crippen LogP contribution in [0.2, 0.25) is 0 Å². The Kier molecular flexibility index (Phi) is 7.53. The molecule has 3 rings (SSSR count). The van der Waals surface area contributed by atoms with Crippen LogP contribution in [0.3, 0.4) is 0 Å². The Labute approximate surface area is 190 Å². The Morgan fingerprint density at radius 1 is 1.30 bits per heavy atom. The molecule has 2 aromatic carbocycles. The third-order valence-corrected chi connectivity index (χ3v) is 5.27. The highest BCUT2D eigenvalue weighted by atomic mass is 19.1. The molecule has 9 heteroatoms. The molecule has 170 valence electrons. The third kappa shape index (κ3) is 6.24. The quantitative estimate of drug-likeness (QED) is 0.263. The number of amides is 3. The summed E-state index contributed by atoms with van der Waals surface area (Å²) in [6.07, 6.45) is 1.40. The van der Waals surface area contributed by atoms with Gasteiger partial charge in [-0.15, -0.1) is 0 Å². The number of piperidine rings is 1. The number of hydrogen-bond donors (Lipinski definition) is 3. The summed E-state index contributed by atoms with van der Waals surface area (Å²) in [5, 5.41) is 4.99. The number of imide groups is 1. The number of rotatable bonds is 6. The molecular formula is C24H23FN4O4. The molecule has 8 nitrogen and oxygen atoms in total. The number of benzene rings is 2. The number of hydrogen-bond acceptors (Lipinski definition) is 6. The van der Waals surface area contributed by atoms with Gasteiger partial charge in [-0.3, -0.25) is 29.4 Å². The Morgan fingerprint density at radius 2 is 2.09 bits per heavy atom. The largest absolute Gasteiger partial charge is 0.396 e. The first-order valence-electron chi connectivity index (χ1n) is 10.2. The molecule has 0 radical (unpaired) electrons. The van der Waals surface area contributed by atoms with Crippen LogP contribution in [0, 0.1) is 17.7 Å². The smallest absolute Gasteiger partial charge is 0.296 e. The molecule has 1 aliphatic heterocycles. The van der Waals surface area contributed by atoms with Crippen molar-refractivity contribution in [2.75, 3.05) is 12.8 Å². The Bertz CT molecular complexity index is 1170. The van der Waals surface area contributed by atoms with Crippen molar-refractivity contribution in [2.24, 2.45) is 0 Å². The lowest BCUT2D eigenvalue weighted by molar-refractivity contribution is -0.137. The summed E-state index contributed by atoms with van der Waals surface area (Å²) in [5.41, 5.74) is 7.76. The maximum absolute atomic E-state index is 13.2. The van der Waals surface area contributed by atoms with Crippen LogP contribution in [0.1, 0.15) is 39.9 Å². The van der Waals surface area contributed by atoms with Gasteiger partial charge < -0.3 is 11.1 Å². The minimum Gasteiger partial charge on any atom is -0.396 e. The molecule has 1 saturated heterocycles. The fourth-order valence-corrected chi connectivity index (χ4v) is 3.48. The average molecular weight is 450 g/mol. The van der Waals surface area contributed by atoms with E-state index in [9.17, 15) is 23.6 Å². The number of nitrogens with one attached hydrogen (secondary N) is 2. The molecule has 1 atom stereocenters. The first kappa shape index (κ1) is 23.6. The van der Waals surface area contributed by atoms with E-state index < -0.39 is 17.8 Å². The number of likely N-dealkylation sites (N-methyl/N-ethyl adjacent to an activating group) is 1. The van der Waals surface area contributed by atoms with Gasteiger partial charge >= 0.3 is 0 Å².